The monoisotopic (exact) mass is 439 g/mol. The van der Waals surface area contributed by atoms with Gasteiger partial charge in [-0.25, -0.2) is 0 Å². The smallest absolute Gasteiger partial charge is 0.269 e. The van der Waals surface area contributed by atoms with E-state index in [1.165, 1.54) is 0 Å². The lowest BCUT2D eigenvalue weighted by Gasteiger charge is -2.07. The van der Waals surface area contributed by atoms with Gasteiger partial charge in [-0.15, -0.1) is 0 Å². The summed E-state index contributed by atoms with van der Waals surface area (Å²) in [5.74, 6) is 0.372. The fraction of sp³-hybridized carbons (Fsp3) is 0.176. The van der Waals surface area contributed by atoms with Crippen molar-refractivity contribution < 1.29 is 10.0 Å². The van der Waals surface area contributed by atoms with Crippen molar-refractivity contribution >= 4 is 54.8 Å². The summed E-state index contributed by atoms with van der Waals surface area (Å²) in [6, 6.07) is 15.2. The maximum atomic E-state index is 12.1. The fourth-order valence-corrected chi connectivity index (χ4v) is 4.28. The third-order valence-corrected chi connectivity index (χ3v) is 6.03. The lowest BCUT2D eigenvalue weighted by molar-refractivity contribution is -0.114. The summed E-state index contributed by atoms with van der Waals surface area (Å²) in [5.41, 5.74) is 7.37. The highest BCUT2D eigenvalue weighted by Gasteiger charge is 2.12. The number of benzene rings is 2. The molecule has 0 aliphatic rings. The van der Waals surface area contributed by atoms with Crippen LogP contribution in [-0.4, -0.2) is 29.1 Å². The third kappa shape index (κ3) is 7.01. The van der Waals surface area contributed by atoms with E-state index in [4.69, 9.17) is 10.9 Å². The van der Waals surface area contributed by atoms with Crippen LogP contribution in [0.5, 0.6) is 0 Å². The molecular formula is C17H18BrN3O2S2. The van der Waals surface area contributed by atoms with Crippen molar-refractivity contribution in [3.05, 3.63) is 58.6 Å². The van der Waals surface area contributed by atoms with Crippen LogP contribution < -0.4 is 11.1 Å². The van der Waals surface area contributed by atoms with Crippen LogP contribution in [0, 0.1) is 0 Å². The van der Waals surface area contributed by atoms with Crippen molar-refractivity contribution in [1.82, 2.24) is 5.32 Å². The average Bonchev–Trinajstić information content (AvgIpc) is 2.61. The number of nitrogens with two attached hydrogens (primary N) is 1. The molecule has 0 aliphatic carbocycles. The number of anilines is 1. The first-order chi connectivity index (χ1) is 12.1. The first-order valence-electron chi connectivity index (χ1n) is 7.47. The van der Waals surface area contributed by atoms with Gasteiger partial charge in [0.2, 0.25) is 0 Å². The van der Waals surface area contributed by atoms with Crippen LogP contribution >= 0.6 is 37.5 Å². The van der Waals surface area contributed by atoms with E-state index in [0.29, 0.717) is 6.54 Å². The van der Waals surface area contributed by atoms with Gasteiger partial charge in [-0.05, 0) is 42.0 Å². The lowest BCUT2D eigenvalue weighted by Crippen LogP contribution is -2.33. The molecule has 0 unspecified atom stereocenters. The molecule has 0 aliphatic heterocycles. The number of rotatable bonds is 8. The molecule has 0 spiro atoms. The summed E-state index contributed by atoms with van der Waals surface area (Å²) in [5, 5.41) is 15.0. The Balaban J connectivity index is 1.72. The normalized spacial score (nSPS) is 11.3. The summed E-state index contributed by atoms with van der Waals surface area (Å²) in [7, 11) is 3.26. The van der Waals surface area contributed by atoms with E-state index in [9.17, 15) is 4.79 Å². The Bertz CT molecular complexity index is 739. The van der Waals surface area contributed by atoms with Crippen molar-refractivity contribution in [3.63, 3.8) is 0 Å². The second kappa shape index (κ2) is 10.4. The summed E-state index contributed by atoms with van der Waals surface area (Å²) >= 11 is 3.38. The minimum absolute atomic E-state index is 0.0919. The van der Waals surface area contributed by atoms with E-state index in [0.717, 1.165) is 26.4 Å². The molecular weight excluding hydrogens is 422 g/mol. The molecule has 5 nitrogen and oxygen atoms in total. The van der Waals surface area contributed by atoms with Crippen LogP contribution in [0.3, 0.4) is 0 Å². The van der Waals surface area contributed by atoms with E-state index < -0.39 is 0 Å². The zero-order chi connectivity index (χ0) is 18.1. The van der Waals surface area contributed by atoms with Crippen LogP contribution in [-0.2, 0) is 11.2 Å². The minimum Gasteiger partial charge on any atom is -0.410 e. The van der Waals surface area contributed by atoms with Gasteiger partial charge in [0.1, 0.15) is 5.71 Å². The van der Waals surface area contributed by atoms with Gasteiger partial charge in [0.15, 0.2) is 0 Å². The van der Waals surface area contributed by atoms with Crippen LogP contribution in [0.2, 0.25) is 0 Å². The van der Waals surface area contributed by atoms with Gasteiger partial charge in [0.05, 0.1) is 0 Å². The van der Waals surface area contributed by atoms with Crippen molar-refractivity contribution in [2.45, 2.75) is 11.3 Å². The summed E-state index contributed by atoms with van der Waals surface area (Å²) in [6.45, 7) is 0.489. The second-order valence-corrected chi connectivity index (χ2v) is 8.49. The Hall–Kier alpha value is -1.64. The molecule has 0 bridgehead atoms. The first kappa shape index (κ1) is 19.7. The molecule has 0 saturated carbocycles. The Morgan fingerprint density at radius 1 is 1.24 bits per heavy atom. The largest absolute Gasteiger partial charge is 0.410 e. The molecule has 25 heavy (non-hydrogen) atoms. The van der Waals surface area contributed by atoms with Crippen LogP contribution in [0.15, 0.2) is 63.1 Å². The third-order valence-electron chi connectivity index (χ3n) is 3.15. The van der Waals surface area contributed by atoms with Crippen molar-refractivity contribution in [2.75, 3.05) is 18.0 Å². The fourth-order valence-electron chi connectivity index (χ4n) is 1.94. The van der Waals surface area contributed by atoms with Crippen LogP contribution in [0.1, 0.15) is 5.56 Å². The highest BCUT2D eigenvalue weighted by molar-refractivity contribution is 9.10. The van der Waals surface area contributed by atoms with Crippen LogP contribution in [0.25, 0.3) is 0 Å². The molecule has 2 aromatic rings. The van der Waals surface area contributed by atoms with Crippen molar-refractivity contribution in [1.29, 1.82) is 0 Å². The average molecular weight is 440 g/mol. The molecule has 2 rings (SSSR count). The number of halogens is 1. The van der Waals surface area contributed by atoms with Gasteiger partial charge in [0, 0.05) is 33.8 Å². The summed E-state index contributed by atoms with van der Waals surface area (Å²) in [6.07, 6.45) is 0.273. The number of nitrogens with zero attached hydrogens (tertiary/aromatic N) is 1. The standard InChI is InChI=1S/C17H18BrN3O2S2/c18-13-3-1-2-12(10-13)11-16(21-23)17(22)20-8-9-24-25-15-6-4-14(19)5-7-15/h1-7,10,23H,8-9,11,19H2,(H,20,22)/b21-16+. The molecule has 132 valence electrons. The lowest BCUT2D eigenvalue weighted by atomic mass is 10.1. The highest BCUT2D eigenvalue weighted by atomic mass is 79.9. The Labute approximate surface area is 163 Å². The molecule has 0 fully saturated rings. The highest BCUT2D eigenvalue weighted by Crippen LogP contribution is 2.30. The first-order valence-corrected chi connectivity index (χ1v) is 10.6. The number of hydrogen-bond acceptors (Lipinski definition) is 6. The molecule has 8 heteroatoms. The van der Waals surface area contributed by atoms with Gasteiger partial charge < -0.3 is 16.3 Å². The maximum Gasteiger partial charge on any atom is 0.269 e. The Morgan fingerprint density at radius 3 is 2.68 bits per heavy atom. The van der Waals surface area contributed by atoms with E-state index in [-0.39, 0.29) is 18.0 Å². The Kier molecular flexibility index (Phi) is 8.17. The number of carbonyl (C=O) groups is 1. The van der Waals surface area contributed by atoms with E-state index in [2.05, 4.69) is 26.4 Å². The predicted molar refractivity (Wildman–Crippen MR) is 109 cm³/mol. The quantitative estimate of drug-likeness (QED) is 0.144. The zero-order valence-electron chi connectivity index (χ0n) is 13.3. The molecule has 0 atom stereocenters. The molecule has 1 amide bonds. The van der Waals surface area contributed by atoms with Crippen molar-refractivity contribution in [3.8, 4) is 0 Å². The van der Waals surface area contributed by atoms with E-state index in [1.807, 2.05) is 48.5 Å². The predicted octanol–water partition coefficient (Wildman–Crippen LogP) is 3.96. The van der Waals surface area contributed by atoms with Gasteiger partial charge in [-0.3, -0.25) is 4.79 Å². The number of amides is 1. The minimum atomic E-state index is -0.361. The van der Waals surface area contributed by atoms with Gasteiger partial charge in [-0.1, -0.05) is 54.8 Å². The van der Waals surface area contributed by atoms with E-state index >= 15 is 0 Å². The van der Waals surface area contributed by atoms with Crippen molar-refractivity contribution in [2.24, 2.45) is 5.16 Å². The molecule has 0 radical (unpaired) electrons. The van der Waals surface area contributed by atoms with Gasteiger partial charge >= 0.3 is 0 Å². The summed E-state index contributed by atoms with van der Waals surface area (Å²) in [4.78, 5) is 13.2. The second-order valence-electron chi connectivity index (χ2n) is 5.08. The molecule has 4 N–H and O–H groups in total. The topological polar surface area (TPSA) is 87.7 Å². The SMILES string of the molecule is Nc1ccc(SSCCNC(=O)/C(Cc2cccc(Br)c2)=N/O)cc1. The summed E-state index contributed by atoms with van der Waals surface area (Å²) < 4.78 is 0.916. The van der Waals surface area contributed by atoms with Gasteiger partial charge in [0.25, 0.3) is 5.91 Å². The zero-order valence-corrected chi connectivity index (χ0v) is 16.5. The van der Waals surface area contributed by atoms with Gasteiger partial charge in [-0.2, -0.15) is 0 Å². The molecule has 2 aromatic carbocycles. The molecule has 0 heterocycles. The number of nitrogens with one attached hydrogen (secondary N) is 1. The maximum absolute atomic E-state index is 12.1. The number of oxime groups is 1. The Morgan fingerprint density at radius 2 is 2.00 bits per heavy atom. The number of hydrogen-bond donors (Lipinski definition) is 3. The number of nitrogen functional groups attached to an aromatic ring is 1. The number of carbonyl (C=O) groups excluding carboxylic acids is 1. The van der Waals surface area contributed by atoms with E-state index in [1.54, 1.807) is 21.6 Å². The van der Waals surface area contributed by atoms with Crippen LogP contribution in [0.4, 0.5) is 5.69 Å². The molecule has 0 saturated heterocycles. The molecule has 0 aromatic heterocycles.